The maximum Gasteiger partial charge on any atom is 0.0474 e. The summed E-state index contributed by atoms with van der Waals surface area (Å²) in [6.45, 7) is 4.80. The maximum absolute atomic E-state index is 9.56. The molecule has 1 heterocycles. The average molecular weight is 365 g/mol. The second-order valence-electron chi connectivity index (χ2n) is 8.22. The van der Waals surface area contributed by atoms with E-state index in [1.165, 1.54) is 54.5 Å². The summed E-state index contributed by atoms with van der Waals surface area (Å²) in [6.07, 6.45) is 6.03. The molecule has 1 aliphatic heterocycles. The van der Waals surface area contributed by atoms with E-state index >= 15 is 0 Å². The number of benzene rings is 2. The summed E-state index contributed by atoms with van der Waals surface area (Å²) in [5, 5.41) is 13.4. The Kier molecular flexibility index (Phi) is 5.80. The zero-order chi connectivity index (χ0) is 18.6. The van der Waals surface area contributed by atoms with Crippen molar-refractivity contribution in [2.45, 2.75) is 51.1 Å². The normalized spacial score (nSPS) is 23.7. The van der Waals surface area contributed by atoms with E-state index in [4.69, 9.17) is 0 Å². The van der Waals surface area contributed by atoms with Crippen LogP contribution in [0.15, 0.2) is 48.5 Å². The van der Waals surface area contributed by atoms with E-state index in [0.29, 0.717) is 24.6 Å². The average Bonchev–Trinajstić information content (AvgIpc) is 3.17. The van der Waals surface area contributed by atoms with Crippen molar-refractivity contribution in [2.24, 2.45) is 5.92 Å². The molecule has 2 aromatic carbocycles. The predicted molar refractivity (Wildman–Crippen MR) is 113 cm³/mol. The van der Waals surface area contributed by atoms with E-state index < -0.39 is 0 Å². The summed E-state index contributed by atoms with van der Waals surface area (Å²) in [5.74, 6) is 0.466. The lowest BCUT2D eigenvalue weighted by Crippen LogP contribution is -2.47. The van der Waals surface area contributed by atoms with Gasteiger partial charge in [0.2, 0.25) is 0 Å². The van der Waals surface area contributed by atoms with Gasteiger partial charge in [-0.25, -0.2) is 0 Å². The van der Waals surface area contributed by atoms with Crippen molar-refractivity contribution in [1.82, 2.24) is 5.32 Å². The van der Waals surface area contributed by atoms with Crippen molar-refractivity contribution in [1.29, 1.82) is 0 Å². The molecule has 1 saturated carbocycles. The molecule has 2 N–H and O–H groups in total. The van der Waals surface area contributed by atoms with E-state index in [9.17, 15) is 5.11 Å². The van der Waals surface area contributed by atoms with Crippen molar-refractivity contribution in [2.75, 3.05) is 24.6 Å². The Balaban J connectivity index is 1.41. The monoisotopic (exact) mass is 364 g/mol. The summed E-state index contributed by atoms with van der Waals surface area (Å²) < 4.78 is 0. The fraction of sp³-hybridized carbons (Fsp3) is 0.500. The Morgan fingerprint density at radius 2 is 1.74 bits per heavy atom. The van der Waals surface area contributed by atoms with Crippen LogP contribution in [0.2, 0.25) is 0 Å². The molecular formula is C24H32N2O. The molecule has 3 heteroatoms. The highest BCUT2D eigenvalue weighted by Gasteiger charge is 2.30. The Morgan fingerprint density at radius 3 is 2.48 bits per heavy atom. The van der Waals surface area contributed by atoms with Gasteiger partial charge in [-0.2, -0.15) is 0 Å². The zero-order valence-electron chi connectivity index (χ0n) is 16.4. The molecule has 0 amide bonds. The highest BCUT2D eigenvalue weighted by atomic mass is 16.3. The standard InChI is InChI=1S/C24H32N2O/c1-18-22(19-7-3-2-4-8-19)10-6-12-24(18)26-15-13-21(14-16-26)25-23-11-5-9-20(23)17-27/h2-4,6-8,10,12,20-21,23,25,27H,5,9,11,13-17H2,1H3/t20-,23-/m1/s1. The lowest BCUT2D eigenvalue weighted by atomic mass is 9.96. The van der Waals surface area contributed by atoms with Crippen LogP contribution in [-0.2, 0) is 0 Å². The van der Waals surface area contributed by atoms with Crippen LogP contribution >= 0.6 is 0 Å². The third-order valence-electron chi connectivity index (χ3n) is 6.57. The molecular weight excluding hydrogens is 332 g/mol. The van der Waals surface area contributed by atoms with Crippen LogP contribution in [0.3, 0.4) is 0 Å². The molecule has 0 radical (unpaired) electrons. The molecule has 1 saturated heterocycles. The van der Waals surface area contributed by atoms with Crippen molar-refractivity contribution in [3.05, 3.63) is 54.1 Å². The van der Waals surface area contributed by atoms with Gasteiger partial charge in [-0.1, -0.05) is 48.9 Å². The van der Waals surface area contributed by atoms with Gasteiger partial charge >= 0.3 is 0 Å². The molecule has 2 aromatic rings. The first kappa shape index (κ1) is 18.5. The number of hydrogen-bond donors (Lipinski definition) is 2. The summed E-state index contributed by atoms with van der Waals surface area (Å²) in [7, 11) is 0. The molecule has 0 spiro atoms. The molecule has 2 fully saturated rings. The molecule has 2 atom stereocenters. The van der Waals surface area contributed by atoms with E-state index in [2.05, 4.69) is 65.7 Å². The summed E-state index contributed by atoms with van der Waals surface area (Å²) in [5.41, 5.74) is 5.39. The third kappa shape index (κ3) is 4.04. The molecule has 4 rings (SSSR count). The Labute approximate surface area is 163 Å². The van der Waals surface area contributed by atoms with Gasteiger partial charge in [0, 0.05) is 37.5 Å². The maximum atomic E-state index is 9.56. The Hall–Kier alpha value is -1.84. The largest absolute Gasteiger partial charge is 0.396 e. The fourth-order valence-corrected chi connectivity index (χ4v) is 4.96. The first-order chi connectivity index (χ1) is 13.3. The first-order valence-corrected chi connectivity index (χ1v) is 10.5. The molecule has 144 valence electrons. The number of aliphatic hydroxyl groups excluding tert-OH is 1. The van der Waals surface area contributed by atoms with Crippen molar-refractivity contribution in [3.63, 3.8) is 0 Å². The molecule has 0 aromatic heterocycles. The quantitative estimate of drug-likeness (QED) is 0.826. The van der Waals surface area contributed by atoms with E-state index in [1.807, 2.05) is 0 Å². The second kappa shape index (κ2) is 8.45. The van der Waals surface area contributed by atoms with Crippen LogP contribution in [0.4, 0.5) is 5.69 Å². The van der Waals surface area contributed by atoms with Gasteiger partial charge in [0.15, 0.2) is 0 Å². The number of piperidine rings is 1. The SMILES string of the molecule is Cc1c(-c2ccccc2)cccc1N1CCC(N[C@@H]2CCC[C@@H]2CO)CC1. The highest BCUT2D eigenvalue weighted by molar-refractivity contribution is 5.74. The molecule has 1 aliphatic carbocycles. The molecule has 27 heavy (non-hydrogen) atoms. The van der Waals surface area contributed by atoms with Crippen LogP contribution in [0.1, 0.15) is 37.7 Å². The first-order valence-electron chi connectivity index (χ1n) is 10.5. The van der Waals surface area contributed by atoms with Gasteiger partial charge in [-0.05, 0) is 61.3 Å². The number of nitrogens with one attached hydrogen (secondary N) is 1. The van der Waals surface area contributed by atoms with E-state index in [-0.39, 0.29) is 0 Å². The molecule has 2 aliphatic rings. The molecule has 3 nitrogen and oxygen atoms in total. The minimum atomic E-state index is 0.335. The number of rotatable bonds is 5. The summed E-state index contributed by atoms with van der Waals surface area (Å²) in [6, 6.07) is 18.5. The van der Waals surface area contributed by atoms with Gasteiger partial charge in [0.05, 0.1) is 0 Å². The smallest absolute Gasteiger partial charge is 0.0474 e. The van der Waals surface area contributed by atoms with Crippen LogP contribution in [0.25, 0.3) is 11.1 Å². The minimum Gasteiger partial charge on any atom is -0.396 e. The molecule has 0 bridgehead atoms. The van der Waals surface area contributed by atoms with Gasteiger partial charge in [0.25, 0.3) is 0 Å². The highest BCUT2D eigenvalue weighted by Crippen LogP contribution is 2.32. The van der Waals surface area contributed by atoms with Crippen LogP contribution in [0.5, 0.6) is 0 Å². The summed E-state index contributed by atoms with van der Waals surface area (Å²) >= 11 is 0. The van der Waals surface area contributed by atoms with Crippen LogP contribution < -0.4 is 10.2 Å². The Bertz CT molecular complexity index is 737. The van der Waals surface area contributed by atoms with Gasteiger partial charge < -0.3 is 15.3 Å². The predicted octanol–water partition coefficient (Wildman–Crippen LogP) is 4.38. The Morgan fingerprint density at radius 1 is 0.963 bits per heavy atom. The lowest BCUT2D eigenvalue weighted by molar-refractivity contribution is 0.195. The fourth-order valence-electron chi connectivity index (χ4n) is 4.96. The lowest BCUT2D eigenvalue weighted by Gasteiger charge is -2.37. The van der Waals surface area contributed by atoms with Crippen LogP contribution in [0, 0.1) is 12.8 Å². The second-order valence-corrected chi connectivity index (χ2v) is 8.22. The van der Waals surface area contributed by atoms with Crippen LogP contribution in [-0.4, -0.2) is 36.9 Å². The number of anilines is 1. The third-order valence-corrected chi connectivity index (χ3v) is 6.57. The topological polar surface area (TPSA) is 35.5 Å². The number of nitrogens with zero attached hydrogens (tertiary/aromatic N) is 1. The van der Waals surface area contributed by atoms with E-state index in [1.54, 1.807) is 0 Å². The minimum absolute atomic E-state index is 0.335. The van der Waals surface area contributed by atoms with Gasteiger partial charge in [0.1, 0.15) is 0 Å². The molecule has 0 unspecified atom stereocenters. The van der Waals surface area contributed by atoms with Gasteiger partial charge in [-0.3, -0.25) is 0 Å². The zero-order valence-corrected chi connectivity index (χ0v) is 16.4. The number of aliphatic hydroxyl groups is 1. The van der Waals surface area contributed by atoms with Gasteiger partial charge in [-0.15, -0.1) is 0 Å². The van der Waals surface area contributed by atoms with Crippen molar-refractivity contribution < 1.29 is 5.11 Å². The van der Waals surface area contributed by atoms with E-state index in [0.717, 1.165) is 13.1 Å². The van der Waals surface area contributed by atoms with Crippen molar-refractivity contribution >= 4 is 5.69 Å². The van der Waals surface area contributed by atoms with Crippen molar-refractivity contribution in [3.8, 4) is 11.1 Å². The summed E-state index contributed by atoms with van der Waals surface area (Å²) in [4.78, 5) is 2.55. The number of hydrogen-bond acceptors (Lipinski definition) is 3.